The molecular formula is C3H21N3O6S6. The van der Waals surface area contributed by atoms with Crippen molar-refractivity contribution in [1.29, 1.82) is 0 Å². The minimum Gasteiger partial charge on any atom is -0.770 e. The van der Waals surface area contributed by atoms with E-state index in [2.05, 4.69) is 33.6 Å². The molecule has 0 spiro atoms. The highest BCUT2D eigenvalue weighted by Crippen LogP contribution is 1.63. The Bertz CT molecular complexity index is 355. The van der Waals surface area contributed by atoms with Crippen molar-refractivity contribution in [3.05, 3.63) is 0 Å². The van der Waals surface area contributed by atoms with Crippen molar-refractivity contribution < 1.29 is 26.3 Å². The molecule has 3 unspecified atom stereocenters. The summed E-state index contributed by atoms with van der Waals surface area (Å²) in [5, 5.41) is 0. The third-order valence-corrected chi connectivity index (χ3v) is 0. The monoisotopic (exact) mass is 387 g/mol. The van der Waals surface area contributed by atoms with Crippen LogP contribution in [0.1, 0.15) is 0 Å². The lowest BCUT2D eigenvalue weighted by Gasteiger charge is -1.95. The molecule has 0 aliphatic carbocycles. The molecule has 15 heteroatoms. The van der Waals surface area contributed by atoms with Crippen molar-refractivity contribution in [3.8, 4) is 0 Å². The van der Waals surface area contributed by atoms with Gasteiger partial charge in [0.15, 0.2) is 0 Å². The summed E-state index contributed by atoms with van der Waals surface area (Å²) in [4.78, 5) is 0. The standard InChI is InChI=1S/3CH4O2S2.3H3N/c3*1-5(2,3)4;;;/h3*1H3,(H,2,3,4);3*1H3. The normalized spacial score (nSPS) is 17.7. The first-order valence-corrected chi connectivity index (χ1v) is 11.2. The van der Waals surface area contributed by atoms with Crippen molar-refractivity contribution in [1.82, 2.24) is 18.5 Å². The molecule has 0 radical (unpaired) electrons. The zero-order valence-corrected chi connectivity index (χ0v) is 15.8. The topological polar surface area (TPSA) is 230 Å². The van der Waals surface area contributed by atoms with Gasteiger partial charge >= 0.3 is 0 Å². The molecule has 18 heavy (non-hydrogen) atoms. The smallest absolute Gasteiger partial charge is 0.00199 e. The summed E-state index contributed by atoms with van der Waals surface area (Å²) >= 11 is 11.4. The SMILES string of the molecule is CS(=O)([O-])=S.CS(=O)([O-])=S.CS(=O)([O-])=S.[NH4+].[NH4+].[NH4+]. The van der Waals surface area contributed by atoms with E-state index in [1.165, 1.54) is 0 Å². The van der Waals surface area contributed by atoms with Crippen molar-refractivity contribution in [2.75, 3.05) is 18.8 Å². The summed E-state index contributed by atoms with van der Waals surface area (Å²) in [6.07, 6.45) is 2.92. The maximum absolute atomic E-state index is 9.45. The maximum atomic E-state index is 9.45. The summed E-state index contributed by atoms with van der Waals surface area (Å²) < 4.78 is 56.7. The molecule has 0 aromatic heterocycles. The first-order valence-electron chi connectivity index (χ1n) is 2.72. The van der Waals surface area contributed by atoms with Crippen LogP contribution in [0.2, 0.25) is 0 Å². The van der Waals surface area contributed by atoms with Crippen LogP contribution in [-0.2, 0) is 59.9 Å². The van der Waals surface area contributed by atoms with Crippen molar-refractivity contribution in [3.63, 3.8) is 0 Å². The second-order valence-electron chi connectivity index (χ2n) is 2.11. The van der Waals surface area contributed by atoms with Crippen molar-refractivity contribution in [2.45, 2.75) is 0 Å². The number of rotatable bonds is 0. The average molecular weight is 388 g/mol. The second kappa shape index (κ2) is 14.3. The van der Waals surface area contributed by atoms with E-state index in [4.69, 9.17) is 0 Å². The summed E-state index contributed by atoms with van der Waals surface area (Å²) in [5.74, 6) is 0. The fraction of sp³-hybridized carbons (Fsp3) is 1.00. The number of quaternary nitrogens is 3. The molecule has 0 rings (SSSR count). The molecule has 12 N–H and O–H groups in total. The summed E-state index contributed by atoms with van der Waals surface area (Å²) in [6.45, 7) is 0. The van der Waals surface area contributed by atoms with Gasteiger partial charge in [-0.05, 0) is 59.9 Å². The Labute approximate surface area is 123 Å². The van der Waals surface area contributed by atoms with Crippen LogP contribution in [0.15, 0.2) is 0 Å². The molecule has 0 saturated heterocycles. The molecule has 3 atom stereocenters. The van der Waals surface area contributed by atoms with E-state index in [0.29, 0.717) is 0 Å². The molecule has 0 aliphatic heterocycles. The van der Waals surface area contributed by atoms with Gasteiger partial charge in [0, 0.05) is 18.8 Å². The Morgan fingerprint density at radius 2 is 0.611 bits per heavy atom. The van der Waals surface area contributed by atoms with Crippen LogP contribution in [0.4, 0.5) is 0 Å². The van der Waals surface area contributed by atoms with Crippen LogP contribution in [-0.4, -0.2) is 45.1 Å². The third-order valence-electron chi connectivity index (χ3n) is 0. The lowest BCUT2D eigenvalue weighted by atomic mass is 12.0. The molecule has 0 heterocycles. The van der Waals surface area contributed by atoms with Crippen molar-refractivity contribution in [2.24, 2.45) is 0 Å². The van der Waals surface area contributed by atoms with Gasteiger partial charge < -0.3 is 32.1 Å². The number of hydrogen-bond donors (Lipinski definition) is 3. The summed E-state index contributed by atoms with van der Waals surface area (Å²) in [5.41, 5.74) is 0. The molecule has 0 saturated carbocycles. The minimum absolute atomic E-state index is 0. The van der Waals surface area contributed by atoms with Gasteiger partial charge in [-0.15, -0.1) is 0 Å². The lowest BCUT2D eigenvalue weighted by Crippen LogP contribution is -1.86. The lowest BCUT2D eigenvalue weighted by molar-refractivity contribution is 0.539. The predicted octanol–water partition coefficient (Wildman–Crippen LogP) is -0.393. The Balaban J connectivity index is -0.0000000277. The van der Waals surface area contributed by atoms with Gasteiger partial charge in [0.05, 0.1) is 0 Å². The van der Waals surface area contributed by atoms with Crippen molar-refractivity contribution >= 4 is 59.9 Å². The zero-order chi connectivity index (χ0) is 13.5. The van der Waals surface area contributed by atoms with Gasteiger partial charge in [0.2, 0.25) is 0 Å². The maximum Gasteiger partial charge on any atom is 0.00199 e. The second-order valence-corrected chi connectivity index (χ2v) is 11.8. The molecule has 0 fully saturated rings. The van der Waals surface area contributed by atoms with E-state index in [1.807, 2.05) is 0 Å². The molecule has 0 aromatic rings. The van der Waals surface area contributed by atoms with Crippen LogP contribution < -0.4 is 18.5 Å². The molecule has 0 aliphatic rings. The molecule has 0 amide bonds. The van der Waals surface area contributed by atoms with Gasteiger partial charge in [0.25, 0.3) is 0 Å². The molecule has 120 valence electrons. The van der Waals surface area contributed by atoms with Crippen LogP contribution in [0.3, 0.4) is 0 Å². The Kier molecular flexibility index (Phi) is 28.9. The van der Waals surface area contributed by atoms with Crippen LogP contribution in [0, 0.1) is 0 Å². The highest BCUT2D eigenvalue weighted by molar-refractivity contribution is 8.29. The highest BCUT2D eigenvalue weighted by Gasteiger charge is 1.60. The Morgan fingerprint density at radius 1 is 0.611 bits per heavy atom. The van der Waals surface area contributed by atoms with E-state index in [0.717, 1.165) is 18.8 Å². The number of hydrogen-bond acceptors (Lipinski definition) is 9. The Hall–Kier alpha value is 0.870. The van der Waals surface area contributed by atoms with Crippen LogP contribution >= 0.6 is 0 Å². The summed E-state index contributed by atoms with van der Waals surface area (Å²) in [6, 6.07) is 0. The molecule has 0 bridgehead atoms. The fourth-order valence-corrected chi connectivity index (χ4v) is 0. The average Bonchev–Trinajstić information content (AvgIpc) is 1.41. The molecular weight excluding hydrogens is 366 g/mol. The third kappa shape index (κ3) is 5610. The largest absolute Gasteiger partial charge is 0.770 e. The van der Waals surface area contributed by atoms with Gasteiger partial charge in [-0.25, -0.2) is 0 Å². The first kappa shape index (κ1) is 36.4. The Morgan fingerprint density at radius 3 is 0.611 bits per heavy atom. The van der Waals surface area contributed by atoms with Crippen LogP contribution in [0.5, 0.6) is 0 Å². The van der Waals surface area contributed by atoms with Gasteiger partial charge in [-0.1, -0.05) is 0 Å². The van der Waals surface area contributed by atoms with E-state index in [-0.39, 0.29) is 18.5 Å². The van der Waals surface area contributed by atoms with E-state index >= 15 is 0 Å². The molecule has 0 aromatic carbocycles. The summed E-state index contributed by atoms with van der Waals surface area (Å²) in [7, 11) is -9.25. The van der Waals surface area contributed by atoms with Gasteiger partial charge in [-0.2, -0.15) is 0 Å². The zero-order valence-electron chi connectivity index (χ0n) is 10.9. The quantitative estimate of drug-likeness (QED) is 0.490. The van der Waals surface area contributed by atoms with Gasteiger partial charge in [-0.3, -0.25) is 12.6 Å². The van der Waals surface area contributed by atoms with Gasteiger partial charge in [0.1, 0.15) is 0 Å². The highest BCUT2D eigenvalue weighted by atomic mass is 32.9. The van der Waals surface area contributed by atoms with E-state index in [9.17, 15) is 26.3 Å². The predicted molar refractivity (Wildman–Crippen MR) is 84.6 cm³/mol. The molecule has 9 nitrogen and oxygen atoms in total. The fourth-order valence-electron chi connectivity index (χ4n) is 0. The van der Waals surface area contributed by atoms with E-state index < -0.39 is 26.3 Å². The van der Waals surface area contributed by atoms with E-state index in [1.54, 1.807) is 0 Å². The minimum atomic E-state index is -3.08. The van der Waals surface area contributed by atoms with Crippen LogP contribution in [0.25, 0.3) is 0 Å². The first-order chi connectivity index (χ1) is 6.00.